The number of carbonyl (C=O) groups excluding carboxylic acids is 2. The van der Waals surface area contributed by atoms with E-state index in [2.05, 4.69) is 5.32 Å². The van der Waals surface area contributed by atoms with Crippen LogP contribution in [0.2, 0.25) is 0 Å². The molecule has 1 aromatic carbocycles. The zero-order valence-electron chi connectivity index (χ0n) is 12.9. The summed E-state index contributed by atoms with van der Waals surface area (Å²) in [5.41, 5.74) is -0.402. The number of halogens is 1. The molecule has 1 unspecified atom stereocenters. The van der Waals surface area contributed by atoms with E-state index in [9.17, 15) is 14.0 Å². The van der Waals surface area contributed by atoms with Crippen LogP contribution < -0.4 is 10.2 Å². The Hall–Kier alpha value is -1.95. The molecule has 1 aliphatic rings. The van der Waals surface area contributed by atoms with Crippen LogP contribution in [0.25, 0.3) is 0 Å². The van der Waals surface area contributed by atoms with Crippen molar-refractivity contribution in [3.8, 4) is 0 Å². The van der Waals surface area contributed by atoms with Gasteiger partial charge in [-0.1, -0.05) is 0 Å². The molecule has 1 atom stereocenters. The number of amides is 2. The minimum absolute atomic E-state index is 0.124. The fourth-order valence-electron chi connectivity index (χ4n) is 2.69. The zero-order valence-corrected chi connectivity index (χ0v) is 12.9. The third kappa shape index (κ3) is 3.27. The van der Waals surface area contributed by atoms with E-state index in [0.29, 0.717) is 38.1 Å². The smallest absolute Gasteiger partial charge is 0.246 e. The second-order valence-electron chi connectivity index (χ2n) is 5.58. The molecule has 0 saturated carbocycles. The Morgan fingerprint density at radius 2 is 2.09 bits per heavy atom. The lowest BCUT2D eigenvalue weighted by molar-refractivity contribution is -0.127. The van der Waals surface area contributed by atoms with Crippen molar-refractivity contribution in [2.75, 3.05) is 25.2 Å². The van der Waals surface area contributed by atoms with E-state index in [4.69, 9.17) is 4.74 Å². The van der Waals surface area contributed by atoms with E-state index in [1.807, 2.05) is 0 Å². The van der Waals surface area contributed by atoms with Gasteiger partial charge in [-0.05, 0) is 44.0 Å². The molecule has 1 N–H and O–H groups in total. The van der Waals surface area contributed by atoms with Crippen LogP contribution in [0.15, 0.2) is 24.3 Å². The average molecular weight is 308 g/mol. The maximum Gasteiger partial charge on any atom is 0.246 e. The average Bonchev–Trinajstić information content (AvgIpc) is 2.81. The Kier molecular flexibility index (Phi) is 5.13. The highest BCUT2D eigenvalue weighted by molar-refractivity contribution is 6.06. The van der Waals surface area contributed by atoms with Gasteiger partial charge in [-0.15, -0.1) is 0 Å². The molecule has 5 nitrogen and oxygen atoms in total. The summed E-state index contributed by atoms with van der Waals surface area (Å²) in [6.45, 7) is 2.80. The summed E-state index contributed by atoms with van der Waals surface area (Å²) >= 11 is 0. The van der Waals surface area contributed by atoms with E-state index in [1.165, 1.54) is 29.2 Å². The van der Waals surface area contributed by atoms with Crippen molar-refractivity contribution in [1.82, 2.24) is 5.32 Å². The number of benzene rings is 1. The van der Waals surface area contributed by atoms with Gasteiger partial charge in [0.25, 0.3) is 0 Å². The van der Waals surface area contributed by atoms with E-state index in [-0.39, 0.29) is 17.6 Å². The summed E-state index contributed by atoms with van der Waals surface area (Å²) in [6, 6.07) is 5.62. The summed E-state index contributed by atoms with van der Waals surface area (Å²) < 4.78 is 18.0. The van der Waals surface area contributed by atoms with Gasteiger partial charge in [0.15, 0.2) is 0 Å². The first-order chi connectivity index (χ1) is 10.5. The molecule has 2 rings (SSSR count). The van der Waals surface area contributed by atoms with Gasteiger partial charge in [0.1, 0.15) is 11.4 Å². The number of rotatable bonds is 6. The highest BCUT2D eigenvalue weighted by atomic mass is 19.1. The molecule has 22 heavy (non-hydrogen) atoms. The predicted molar refractivity (Wildman–Crippen MR) is 81.0 cm³/mol. The molecule has 0 spiro atoms. The number of nitrogens with one attached hydrogen (secondary N) is 1. The SMILES string of the molecule is COCCCNC(=O)C1(C)CCC(=O)N1c1ccc(F)cc1. The summed E-state index contributed by atoms with van der Waals surface area (Å²) in [7, 11) is 1.61. The summed E-state index contributed by atoms with van der Waals surface area (Å²) in [5, 5.41) is 2.84. The minimum atomic E-state index is -0.942. The Bertz CT molecular complexity index is 547. The van der Waals surface area contributed by atoms with Gasteiger partial charge in [-0.3, -0.25) is 14.5 Å². The van der Waals surface area contributed by atoms with Crippen molar-refractivity contribution in [3.05, 3.63) is 30.1 Å². The first kappa shape index (κ1) is 16.4. The highest BCUT2D eigenvalue weighted by Gasteiger charge is 2.47. The second-order valence-corrected chi connectivity index (χ2v) is 5.58. The number of hydrogen-bond donors (Lipinski definition) is 1. The molecule has 1 aromatic rings. The van der Waals surface area contributed by atoms with E-state index < -0.39 is 5.54 Å². The van der Waals surface area contributed by atoms with Crippen LogP contribution in [-0.4, -0.2) is 37.6 Å². The van der Waals surface area contributed by atoms with E-state index in [1.54, 1.807) is 14.0 Å². The first-order valence-electron chi connectivity index (χ1n) is 7.35. The number of hydrogen-bond acceptors (Lipinski definition) is 3. The maximum absolute atomic E-state index is 13.1. The van der Waals surface area contributed by atoms with Crippen LogP contribution in [0.5, 0.6) is 0 Å². The Labute approximate surface area is 129 Å². The topological polar surface area (TPSA) is 58.6 Å². The Balaban J connectivity index is 2.14. The molecular weight excluding hydrogens is 287 g/mol. The third-order valence-corrected chi connectivity index (χ3v) is 3.95. The normalized spacial score (nSPS) is 21.2. The standard InChI is InChI=1S/C16H21FN2O3/c1-16(15(21)18-10-3-11-22-2)9-8-14(20)19(16)13-6-4-12(17)5-7-13/h4-7H,3,8-11H2,1-2H3,(H,18,21). The molecule has 1 heterocycles. The summed E-state index contributed by atoms with van der Waals surface area (Å²) in [6.07, 6.45) is 1.46. The molecule has 1 aliphatic heterocycles. The fraction of sp³-hybridized carbons (Fsp3) is 0.500. The monoisotopic (exact) mass is 308 g/mol. The third-order valence-electron chi connectivity index (χ3n) is 3.95. The second kappa shape index (κ2) is 6.87. The largest absolute Gasteiger partial charge is 0.385 e. The lowest BCUT2D eigenvalue weighted by atomic mass is 9.97. The van der Waals surface area contributed by atoms with E-state index in [0.717, 1.165) is 0 Å². The number of carbonyl (C=O) groups is 2. The number of ether oxygens (including phenoxy) is 1. The Morgan fingerprint density at radius 1 is 1.41 bits per heavy atom. The lowest BCUT2D eigenvalue weighted by Crippen LogP contribution is -2.55. The van der Waals surface area contributed by atoms with Crippen LogP contribution in [0, 0.1) is 5.82 Å². The molecule has 120 valence electrons. The molecule has 6 heteroatoms. The number of anilines is 1. The number of nitrogens with zero attached hydrogens (tertiary/aromatic N) is 1. The van der Waals surface area contributed by atoms with Crippen LogP contribution >= 0.6 is 0 Å². The molecule has 0 bridgehead atoms. The van der Waals surface area contributed by atoms with Gasteiger partial charge in [-0.25, -0.2) is 4.39 Å². The molecule has 0 radical (unpaired) electrons. The van der Waals surface area contributed by atoms with Crippen LogP contribution in [0.1, 0.15) is 26.2 Å². The quantitative estimate of drug-likeness (QED) is 0.816. The molecule has 0 aliphatic carbocycles. The van der Waals surface area contributed by atoms with Gasteiger partial charge in [0, 0.05) is 32.4 Å². The van der Waals surface area contributed by atoms with Crippen molar-refractivity contribution < 1.29 is 18.7 Å². The van der Waals surface area contributed by atoms with Crippen LogP contribution in [0.4, 0.5) is 10.1 Å². The van der Waals surface area contributed by atoms with Gasteiger partial charge < -0.3 is 10.1 Å². The van der Waals surface area contributed by atoms with E-state index >= 15 is 0 Å². The van der Waals surface area contributed by atoms with Gasteiger partial charge in [-0.2, -0.15) is 0 Å². The lowest BCUT2D eigenvalue weighted by Gasteiger charge is -2.34. The summed E-state index contributed by atoms with van der Waals surface area (Å²) in [4.78, 5) is 26.2. The van der Waals surface area contributed by atoms with Gasteiger partial charge in [0.2, 0.25) is 11.8 Å². The van der Waals surface area contributed by atoms with Crippen molar-refractivity contribution in [2.24, 2.45) is 0 Å². The maximum atomic E-state index is 13.1. The van der Waals surface area contributed by atoms with Crippen molar-refractivity contribution in [1.29, 1.82) is 0 Å². The number of methoxy groups -OCH3 is 1. The van der Waals surface area contributed by atoms with Crippen LogP contribution in [-0.2, 0) is 14.3 Å². The van der Waals surface area contributed by atoms with Crippen LogP contribution in [0.3, 0.4) is 0 Å². The molecule has 1 saturated heterocycles. The predicted octanol–water partition coefficient (Wildman–Crippen LogP) is 1.86. The Morgan fingerprint density at radius 3 is 2.73 bits per heavy atom. The fourth-order valence-corrected chi connectivity index (χ4v) is 2.69. The zero-order chi connectivity index (χ0) is 16.2. The van der Waals surface area contributed by atoms with Gasteiger partial charge in [0.05, 0.1) is 0 Å². The van der Waals surface area contributed by atoms with Crippen molar-refractivity contribution in [2.45, 2.75) is 31.7 Å². The highest BCUT2D eigenvalue weighted by Crippen LogP contribution is 2.35. The summed E-state index contributed by atoms with van der Waals surface area (Å²) in [5.74, 6) is -0.693. The van der Waals surface area contributed by atoms with Gasteiger partial charge >= 0.3 is 0 Å². The van der Waals surface area contributed by atoms with Crippen molar-refractivity contribution in [3.63, 3.8) is 0 Å². The minimum Gasteiger partial charge on any atom is -0.385 e. The first-order valence-corrected chi connectivity index (χ1v) is 7.35. The molecular formula is C16H21FN2O3. The molecule has 2 amide bonds. The molecule has 1 fully saturated rings. The van der Waals surface area contributed by atoms with Crippen molar-refractivity contribution >= 4 is 17.5 Å². The molecule has 0 aromatic heterocycles.